The number of aliphatic hydroxyl groups excluding tert-OH is 1. The molecule has 2 heterocycles. The summed E-state index contributed by atoms with van der Waals surface area (Å²) in [5.74, 6) is -4.34. The van der Waals surface area contributed by atoms with Crippen LogP contribution in [0.3, 0.4) is 0 Å². The molecule has 2 aliphatic heterocycles. The lowest BCUT2D eigenvalue weighted by Crippen LogP contribution is -2.59. The Bertz CT molecular complexity index is 2990. The Morgan fingerprint density at radius 3 is 1.62 bits per heavy atom. The van der Waals surface area contributed by atoms with E-state index in [0.29, 0.717) is 57.7 Å². The van der Waals surface area contributed by atoms with Crippen LogP contribution in [0.1, 0.15) is 121 Å². The fourth-order valence-electron chi connectivity index (χ4n) is 12.3. The molecule has 4 amide bonds. The van der Waals surface area contributed by atoms with Crippen molar-refractivity contribution in [3.8, 4) is 0 Å². The van der Waals surface area contributed by atoms with Crippen molar-refractivity contribution in [1.29, 1.82) is 0 Å². The van der Waals surface area contributed by atoms with Crippen molar-refractivity contribution in [2.45, 2.75) is 185 Å². The molecule has 4 aromatic carbocycles. The van der Waals surface area contributed by atoms with Crippen molar-refractivity contribution in [2.24, 2.45) is 17.8 Å². The van der Waals surface area contributed by atoms with E-state index >= 15 is 9.59 Å². The highest BCUT2D eigenvalue weighted by Gasteiger charge is 2.62. The van der Waals surface area contributed by atoms with Crippen LogP contribution < -0.4 is 5.32 Å². The first-order valence-electron chi connectivity index (χ1n) is 32.2. The number of carbonyl (C=O) groups excluding carboxylic acids is 4. The maximum absolute atomic E-state index is 16.0. The SMILES string of the molecule is CCCC(OC(=O)N(CC[Si](C)(C)C)C[C@@H](O)CCC/C=C/CC(=O)N1C(=S)OC(c2ccccc2)(c2ccccc2)[C@@H]1C(C)C)(C(=O)O)[C@H](/C=C/CCCCCNC(=O)OCC[Si](C)(C)C)C(=O)N1C(=S)OC(c2ccccc2)(c2ccccc2)[C@@H]1C(C)C. The van der Waals surface area contributed by atoms with Crippen LogP contribution >= 0.6 is 24.4 Å². The zero-order valence-corrected chi connectivity index (χ0v) is 58.5. The van der Waals surface area contributed by atoms with Crippen molar-refractivity contribution in [2.75, 3.05) is 26.2 Å². The van der Waals surface area contributed by atoms with Crippen molar-refractivity contribution in [1.82, 2.24) is 20.0 Å². The third kappa shape index (κ3) is 18.4. The molecule has 15 nitrogen and oxygen atoms in total. The number of nitrogens with zero attached hydrogens (tertiary/aromatic N) is 3. The number of nitrogens with one attached hydrogen (secondary N) is 1. The van der Waals surface area contributed by atoms with Gasteiger partial charge in [-0.1, -0.05) is 232 Å². The van der Waals surface area contributed by atoms with E-state index in [-0.39, 0.29) is 66.9 Å². The molecule has 0 aromatic heterocycles. The van der Waals surface area contributed by atoms with Crippen molar-refractivity contribution < 1.29 is 53.1 Å². The van der Waals surface area contributed by atoms with Crippen LogP contribution in [-0.2, 0) is 44.5 Å². The minimum absolute atomic E-state index is 0.0382. The summed E-state index contributed by atoms with van der Waals surface area (Å²) in [5, 5.41) is 26.2. The molecule has 1 unspecified atom stereocenters. The number of aliphatic hydroxyl groups is 1. The van der Waals surface area contributed by atoms with Gasteiger partial charge < -0.3 is 39.4 Å². The number of allylic oxidation sites excluding steroid dienone is 2. The molecule has 90 heavy (non-hydrogen) atoms. The van der Waals surface area contributed by atoms with E-state index in [1.807, 2.05) is 147 Å². The Hall–Kier alpha value is -6.52. The van der Waals surface area contributed by atoms with Crippen molar-refractivity contribution >= 4 is 80.9 Å². The first kappa shape index (κ1) is 72.5. The number of carboxylic acid groups (broad SMARTS) is 1. The fraction of sp³-hybridized carbons (Fsp3) is 0.507. The van der Waals surface area contributed by atoms with Crippen LogP contribution in [0.2, 0.25) is 51.4 Å². The summed E-state index contributed by atoms with van der Waals surface area (Å²) in [7, 11) is -3.23. The average Bonchev–Trinajstić information content (AvgIpc) is 1.55. The number of benzene rings is 4. The predicted octanol–water partition coefficient (Wildman–Crippen LogP) is 14.9. The van der Waals surface area contributed by atoms with Gasteiger partial charge in [-0.2, -0.15) is 0 Å². The Labute approximate surface area is 548 Å². The summed E-state index contributed by atoms with van der Waals surface area (Å²) in [5.41, 5.74) is -1.48. The van der Waals surface area contributed by atoms with Crippen LogP contribution in [0, 0.1) is 17.8 Å². The van der Waals surface area contributed by atoms with Gasteiger partial charge in [0.15, 0.2) is 11.2 Å². The second-order valence-corrected chi connectivity index (χ2v) is 38.9. The number of hydrogen-bond acceptors (Lipinski definition) is 12. The molecule has 0 saturated carbocycles. The molecule has 2 aliphatic rings. The van der Waals surface area contributed by atoms with E-state index in [1.54, 1.807) is 24.0 Å². The minimum atomic E-state index is -2.45. The molecule has 0 radical (unpaired) electrons. The fourth-order valence-corrected chi connectivity index (χ4v) is 14.6. The number of amides is 4. The average molecular weight is 1300 g/mol. The maximum atomic E-state index is 16.0. The highest BCUT2D eigenvalue weighted by Crippen LogP contribution is 2.50. The number of carboxylic acids is 1. The maximum Gasteiger partial charge on any atom is 0.411 e. The quantitative estimate of drug-likeness (QED) is 0.0177. The largest absolute Gasteiger partial charge is 0.478 e. The predicted molar refractivity (Wildman–Crippen MR) is 369 cm³/mol. The van der Waals surface area contributed by atoms with E-state index in [4.69, 9.17) is 43.4 Å². The Kier molecular flexibility index (Phi) is 26.7. The van der Waals surface area contributed by atoms with Crippen LogP contribution in [0.15, 0.2) is 146 Å². The zero-order valence-electron chi connectivity index (χ0n) is 54.9. The molecule has 4 aromatic rings. The number of alkyl carbamates (subject to hydrolysis) is 1. The van der Waals surface area contributed by atoms with Gasteiger partial charge in [-0.3, -0.25) is 19.4 Å². The molecule has 2 saturated heterocycles. The van der Waals surface area contributed by atoms with Crippen LogP contribution in [0.4, 0.5) is 9.59 Å². The lowest BCUT2D eigenvalue weighted by atomic mass is 9.75. The summed E-state index contributed by atoms with van der Waals surface area (Å²) in [6.07, 6.45) is 8.41. The van der Waals surface area contributed by atoms with E-state index in [0.717, 1.165) is 28.3 Å². The van der Waals surface area contributed by atoms with Gasteiger partial charge in [0.05, 0.1) is 24.8 Å². The van der Waals surface area contributed by atoms with Crippen molar-refractivity contribution in [3.05, 3.63) is 168 Å². The molecular weight excluding hydrogens is 1210 g/mol. The highest BCUT2D eigenvalue weighted by atomic mass is 32.1. The number of hydrogen-bond donors (Lipinski definition) is 3. The minimum Gasteiger partial charge on any atom is -0.478 e. The zero-order chi connectivity index (χ0) is 65.9. The Balaban J connectivity index is 1.22. The lowest BCUT2D eigenvalue weighted by molar-refractivity contribution is -0.171. The highest BCUT2D eigenvalue weighted by molar-refractivity contribution is 7.80. The third-order valence-corrected chi connectivity index (χ3v) is 20.8. The molecule has 3 N–H and O–H groups in total. The standard InChI is InChI=1S/C71H98N4O11S2Si2/c1-12-45-69(64(79)80,59(43-31-14-13-17-33-46-72-65(81)83-48-50-90(9,10)11)63(78)75-62(53(4)5)71(86-68(75)88,56-38-26-20-27-39-56)57-40-28-21-29-41-57)84-66(82)73(47-49-89(6,7)8)51-58(76)42-30-15-16-32-44-60(77)74-61(52(2)3)70(85-67(74)87,54-34-22-18-23-35-54)55-36-24-19-25-37-55/h16,18-29,31-32,34-41,43,52-53,58-59,61-62,76H,12-15,17,30,33,42,44-51H2,1-11H3,(H,72,81)(H,79,80)/b32-16+,43-31+/t58-,59+,61-,62-,69?/m0/s1. The number of carbonyl (C=O) groups is 5. The molecule has 19 heteroatoms. The van der Waals surface area contributed by atoms with Gasteiger partial charge in [0.2, 0.25) is 17.4 Å². The third-order valence-electron chi connectivity index (χ3n) is 16.8. The van der Waals surface area contributed by atoms with Crippen LogP contribution in [0.5, 0.6) is 0 Å². The van der Waals surface area contributed by atoms with Crippen LogP contribution in [0.25, 0.3) is 0 Å². The van der Waals surface area contributed by atoms with Gasteiger partial charge >= 0.3 is 18.2 Å². The Morgan fingerprint density at radius 2 is 1.16 bits per heavy atom. The molecule has 0 aliphatic carbocycles. The first-order chi connectivity index (χ1) is 42.7. The monoisotopic (exact) mass is 1300 g/mol. The van der Waals surface area contributed by atoms with Gasteiger partial charge in [-0.25, -0.2) is 14.4 Å². The second-order valence-electron chi connectivity index (χ2n) is 27.0. The number of ether oxygens (including phenoxy) is 4. The molecular formula is C71H98N4O11S2Si2. The molecule has 5 atom stereocenters. The molecule has 2 fully saturated rings. The molecule has 6 rings (SSSR count). The summed E-state index contributed by atoms with van der Waals surface area (Å²) in [6.45, 7) is 23.8. The second kappa shape index (κ2) is 33.2. The summed E-state index contributed by atoms with van der Waals surface area (Å²) in [6, 6.07) is 39.1. The van der Waals surface area contributed by atoms with Crippen LogP contribution in [-0.4, -0.2) is 131 Å². The smallest absolute Gasteiger partial charge is 0.411 e. The topological polar surface area (TPSA) is 184 Å². The van der Waals surface area contributed by atoms with Gasteiger partial charge in [-0.05, 0) is 93.3 Å². The number of aliphatic carboxylic acids is 1. The number of thiocarbonyl (C=S) groups is 2. The van der Waals surface area contributed by atoms with Gasteiger partial charge in [0.25, 0.3) is 10.3 Å². The van der Waals surface area contributed by atoms with E-state index in [2.05, 4.69) is 58.4 Å². The summed E-state index contributed by atoms with van der Waals surface area (Å²) >= 11 is 11.9. The van der Waals surface area contributed by atoms with E-state index in [1.165, 1.54) is 9.80 Å². The molecule has 0 spiro atoms. The summed E-state index contributed by atoms with van der Waals surface area (Å²) < 4.78 is 25.4. The summed E-state index contributed by atoms with van der Waals surface area (Å²) in [4.78, 5) is 76.5. The van der Waals surface area contributed by atoms with Gasteiger partial charge in [0, 0.05) is 64.5 Å². The lowest BCUT2D eigenvalue weighted by Gasteiger charge is -2.41. The van der Waals surface area contributed by atoms with E-state index < -0.39 is 81.1 Å². The normalized spacial score (nSPS) is 17.9. The number of rotatable bonds is 33. The van der Waals surface area contributed by atoms with Gasteiger partial charge in [-0.15, -0.1) is 0 Å². The number of unbranched alkanes of at least 4 members (excludes halogenated alkanes) is 4. The van der Waals surface area contributed by atoms with Crippen molar-refractivity contribution in [3.63, 3.8) is 0 Å². The molecule has 0 bridgehead atoms. The van der Waals surface area contributed by atoms with E-state index in [9.17, 15) is 24.6 Å². The van der Waals surface area contributed by atoms with Gasteiger partial charge in [0.1, 0.15) is 5.92 Å². The first-order valence-corrected chi connectivity index (χ1v) is 40.4. The molecule has 488 valence electrons. The Morgan fingerprint density at radius 1 is 0.678 bits per heavy atom.